The van der Waals surface area contributed by atoms with E-state index in [1.54, 1.807) is 37.4 Å². The number of hydrogen-bond acceptors (Lipinski definition) is 6. The van der Waals surface area contributed by atoms with Crippen molar-refractivity contribution >= 4 is 22.6 Å². The highest BCUT2D eigenvalue weighted by Gasteiger charge is 2.10. The minimum atomic E-state index is -0.156. The summed E-state index contributed by atoms with van der Waals surface area (Å²) < 4.78 is 6.83. The molecule has 2 N–H and O–H groups in total. The SMILES string of the molecule is COc1ccc(-c2cc3ncccc3c(NCCNC(=O)c3cnn(C)c3)n2)cc1. The Morgan fingerprint density at radius 3 is 2.73 bits per heavy atom. The number of rotatable bonds is 7. The molecule has 0 unspecified atom stereocenters. The Hall–Kier alpha value is -3.94. The Kier molecular flexibility index (Phi) is 5.56. The lowest BCUT2D eigenvalue weighted by Gasteiger charge is -2.12. The molecule has 4 rings (SSSR count). The van der Waals surface area contributed by atoms with E-state index in [-0.39, 0.29) is 5.91 Å². The quantitative estimate of drug-likeness (QED) is 0.462. The summed E-state index contributed by atoms with van der Waals surface area (Å²) in [6, 6.07) is 13.6. The average Bonchev–Trinajstić information content (AvgIpc) is 3.22. The van der Waals surface area contributed by atoms with Crippen molar-refractivity contribution in [1.29, 1.82) is 0 Å². The topological polar surface area (TPSA) is 94.0 Å². The van der Waals surface area contributed by atoms with Gasteiger partial charge in [0.15, 0.2) is 0 Å². The number of methoxy groups -OCH3 is 1. The summed E-state index contributed by atoms with van der Waals surface area (Å²) in [7, 11) is 3.42. The zero-order valence-electron chi connectivity index (χ0n) is 16.8. The molecule has 0 aliphatic rings. The van der Waals surface area contributed by atoms with Crippen molar-refractivity contribution in [3.63, 3.8) is 0 Å². The molecule has 4 aromatic rings. The minimum absolute atomic E-state index is 0.156. The molecular formula is C22H22N6O2. The number of carbonyl (C=O) groups is 1. The fourth-order valence-electron chi connectivity index (χ4n) is 3.12. The molecule has 8 nitrogen and oxygen atoms in total. The van der Waals surface area contributed by atoms with Gasteiger partial charge in [0.1, 0.15) is 11.6 Å². The van der Waals surface area contributed by atoms with Crippen molar-refractivity contribution in [3.8, 4) is 17.0 Å². The lowest BCUT2D eigenvalue weighted by molar-refractivity contribution is 0.0955. The number of ether oxygens (including phenoxy) is 1. The number of pyridine rings is 2. The molecule has 30 heavy (non-hydrogen) atoms. The molecule has 0 bridgehead atoms. The smallest absolute Gasteiger partial charge is 0.254 e. The zero-order chi connectivity index (χ0) is 20.9. The van der Waals surface area contributed by atoms with E-state index in [0.717, 1.165) is 33.7 Å². The first-order chi connectivity index (χ1) is 14.6. The molecule has 0 saturated carbocycles. The number of nitrogens with zero attached hydrogens (tertiary/aromatic N) is 4. The van der Waals surface area contributed by atoms with E-state index in [0.29, 0.717) is 18.7 Å². The maximum Gasteiger partial charge on any atom is 0.254 e. The molecule has 0 aliphatic heterocycles. The monoisotopic (exact) mass is 402 g/mol. The number of aryl methyl sites for hydroxylation is 1. The highest BCUT2D eigenvalue weighted by atomic mass is 16.5. The summed E-state index contributed by atoms with van der Waals surface area (Å²) in [6.45, 7) is 0.971. The number of carbonyl (C=O) groups excluding carboxylic acids is 1. The van der Waals surface area contributed by atoms with Gasteiger partial charge in [-0.3, -0.25) is 14.5 Å². The molecule has 0 saturated heterocycles. The number of hydrogen-bond donors (Lipinski definition) is 2. The number of nitrogens with one attached hydrogen (secondary N) is 2. The van der Waals surface area contributed by atoms with Gasteiger partial charge in [0.05, 0.1) is 30.1 Å². The Balaban J connectivity index is 1.50. The molecule has 0 radical (unpaired) electrons. The van der Waals surface area contributed by atoms with Crippen LogP contribution < -0.4 is 15.4 Å². The molecule has 1 aromatic carbocycles. The molecule has 0 fully saturated rings. The number of benzene rings is 1. The molecule has 3 aromatic heterocycles. The molecule has 8 heteroatoms. The van der Waals surface area contributed by atoms with Crippen LogP contribution in [0.15, 0.2) is 61.1 Å². The number of amides is 1. The molecule has 3 heterocycles. The van der Waals surface area contributed by atoms with Crippen molar-refractivity contribution in [2.24, 2.45) is 7.05 Å². The minimum Gasteiger partial charge on any atom is -0.497 e. The third-order valence-corrected chi connectivity index (χ3v) is 4.66. The van der Waals surface area contributed by atoms with Gasteiger partial charge in [0, 0.05) is 43.5 Å². The van der Waals surface area contributed by atoms with Gasteiger partial charge in [0.25, 0.3) is 5.91 Å². The van der Waals surface area contributed by atoms with E-state index in [1.807, 2.05) is 42.5 Å². The standard InChI is InChI=1S/C22H22N6O2/c1-28-14-16(13-26-28)22(29)25-11-10-24-21-18-4-3-9-23-20(18)12-19(27-21)15-5-7-17(30-2)8-6-15/h3-9,12-14H,10-11H2,1-2H3,(H,24,27)(H,25,29). The van der Waals surface area contributed by atoms with Gasteiger partial charge < -0.3 is 15.4 Å². The number of aromatic nitrogens is 4. The van der Waals surface area contributed by atoms with Crippen LogP contribution in [0.1, 0.15) is 10.4 Å². The van der Waals surface area contributed by atoms with Crippen LogP contribution in [0, 0.1) is 0 Å². The average molecular weight is 402 g/mol. The first-order valence-corrected chi connectivity index (χ1v) is 9.55. The molecule has 0 atom stereocenters. The van der Waals surface area contributed by atoms with Crippen LogP contribution in [-0.2, 0) is 7.05 Å². The van der Waals surface area contributed by atoms with Crippen LogP contribution >= 0.6 is 0 Å². The largest absolute Gasteiger partial charge is 0.497 e. The first-order valence-electron chi connectivity index (χ1n) is 9.55. The summed E-state index contributed by atoms with van der Waals surface area (Å²) in [6.07, 6.45) is 4.99. The Labute approximate surface area is 173 Å². The predicted molar refractivity (Wildman–Crippen MR) is 116 cm³/mol. The van der Waals surface area contributed by atoms with Crippen LogP contribution in [0.2, 0.25) is 0 Å². The summed E-state index contributed by atoms with van der Waals surface area (Å²) in [5.74, 6) is 1.36. The van der Waals surface area contributed by atoms with E-state index in [9.17, 15) is 4.79 Å². The zero-order valence-corrected chi connectivity index (χ0v) is 16.8. The highest BCUT2D eigenvalue weighted by Crippen LogP contribution is 2.27. The second kappa shape index (κ2) is 8.60. The summed E-state index contributed by atoms with van der Waals surface area (Å²) >= 11 is 0. The lowest BCUT2D eigenvalue weighted by atomic mass is 10.1. The highest BCUT2D eigenvalue weighted by molar-refractivity contribution is 5.94. The van der Waals surface area contributed by atoms with Crippen molar-refractivity contribution in [3.05, 3.63) is 66.6 Å². The van der Waals surface area contributed by atoms with Gasteiger partial charge >= 0.3 is 0 Å². The molecule has 0 spiro atoms. The number of anilines is 1. The molecular weight excluding hydrogens is 380 g/mol. The van der Waals surface area contributed by atoms with E-state index >= 15 is 0 Å². The second-order valence-corrected chi connectivity index (χ2v) is 6.74. The maximum atomic E-state index is 12.1. The fourth-order valence-corrected chi connectivity index (χ4v) is 3.12. The summed E-state index contributed by atoms with van der Waals surface area (Å²) in [5.41, 5.74) is 3.16. The third kappa shape index (κ3) is 4.22. The van der Waals surface area contributed by atoms with Crippen molar-refractivity contribution in [2.75, 3.05) is 25.5 Å². The van der Waals surface area contributed by atoms with Crippen molar-refractivity contribution < 1.29 is 9.53 Å². The normalized spacial score (nSPS) is 10.7. The molecule has 0 aliphatic carbocycles. The van der Waals surface area contributed by atoms with Crippen molar-refractivity contribution in [2.45, 2.75) is 0 Å². The van der Waals surface area contributed by atoms with Crippen LogP contribution in [0.4, 0.5) is 5.82 Å². The lowest BCUT2D eigenvalue weighted by Crippen LogP contribution is -2.28. The van der Waals surface area contributed by atoms with Crippen LogP contribution in [0.3, 0.4) is 0 Å². The molecule has 1 amide bonds. The number of fused-ring (bicyclic) bond motifs is 1. The van der Waals surface area contributed by atoms with Crippen LogP contribution in [0.25, 0.3) is 22.2 Å². The van der Waals surface area contributed by atoms with Crippen LogP contribution in [0.5, 0.6) is 5.75 Å². The summed E-state index contributed by atoms with van der Waals surface area (Å²) in [4.78, 5) is 21.4. The van der Waals surface area contributed by atoms with Gasteiger partial charge in [-0.1, -0.05) is 0 Å². The van der Waals surface area contributed by atoms with Gasteiger partial charge in [-0.05, 0) is 42.5 Å². The van der Waals surface area contributed by atoms with Gasteiger partial charge in [-0.2, -0.15) is 5.10 Å². The maximum absolute atomic E-state index is 12.1. The third-order valence-electron chi connectivity index (χ3n) is 4.66. The van der Waals surface area contributed by atoms with E-state index in [1.165, 1.54) is 0 Å². The van der Waals surface area contributed by atoms with E-state index < -0.39 is 0 Å². The van der Waals surface area contributed by atoms with Crippen LogP contribution in [-0.4, -0.2) is 45.9 Å². The van der Waals surface area contributed by atoms with Crippen molar-refractivity contribution in [1.82, 2.24) is 25.1 Å². The predicted octanol–water partition coefficient (Wildman–Crippen LogP) is 2.88. The summed E-state index contributed by atoms with van der Waals surface area (Å²) in [5, 5.41) is 11.1. The van der Waals surface area contributed by atoms with Gasteiger partial charge in [0.2, 0.25) is 0 Å². The Morgan fingerprint density at radius 1 is 1.17 bits per heavy atom. The van der Waals surface area contributed by atoms with E-state index in [4.69, 9.17) is 9.72 Å². The molecule has 152 valence electrons. The first kappa shape index (κ1) is 19.4. The van der Waals surface area contributed by atoms with E-state index in [2.05, 4.69) is 20.7 Å². The Morgan fingerprint density at radius 2 is 2.00 bits per heavy atom. The Bertz CT molecular complexity index is 1170. The fraction of sp³-hybridized carbons (Fsp3) is 0.182. The second-order valence-electron chi connectivity index (χ2n) is 6.74. The van der Waals surface area contributed by atoms with Gasteiger partial charge in [-0.25, -0.2) is 4.98 Å². The van der Waals surface area contributed by atoms with Gasteiger partial charge in [-0.15, -0.1) is 0 Å².